The number of aliphatic hydroxyl groups is 1. The van der Waals surface area contributed by atoms with Gasteiger partial charge in [0.15, 0.2) is 0 Å². The van der Waals surface area contributed by atoms with Gasteiger partial charge in [-0.3, -0.25) is 4.90 Å². The molecule has 12 heteroatoms. The predicted molar refractivity (Wildman–Crippen MR) is 117 cm³/mol. The van der Waals surface area contributed by atoms with Crippen molar-refractivity contribution in [2.75, 3.05) is 32.4 Å². The van der Waals surface area contributed by atoms with E-state index in [-0.39, 0.29) is 5.41 Å². The maximum Gasteiger partial charge on any atom is 0.430 e. The third-order valence-corrected chi connectivity index (χ3v) is 7.94. The number of hydrogen-bond acceptors (Lipinski definition) is 4. The zero-order valence-electron chi connectivity index (χ0n) is 18.9. The summed E-state index contributed by atoms with van der Waals surface area (Å²) in [5.41, 5.74) is -3.40. The highest BCUT2D eigenvalue weighted by molar-refractivity contribution is 7.88. The van der Waals surface area contributed by atoms with E-state index >= 15 is 0 Å². The molecule has 4 rings (SSSR count). The summed E-state index contributed by atoms with van der Waals surface area (Å²) >= 11 is 0. The molecule has 35 heavy (non-hydrogen) atoms. The summed E-state index contributed by atoms with van der Waals surface area (Å²) in [6.07, 6.45) is -10.7. The van der Waals surface area contributed by atoms with Crippen LogP contribution in [0.5, 0.6) is 0 Å². The molecule has 1 N–H and O–H groups in total. The molecule has 2 aliphatic heterocycles. The van der Waals surface area contributed by atoms with Crippen molar-refractivity contribution in [3.63, 3.8) is 0 Å². The number of halogens is 6. The third kappa shape index (κ3) is 4.56. The second-order valence-corrected chi connectivity index (χ2v) is 11.6. The number of sulfonamides is 1. The maximum absolute atomic E-state index is 13.1. The Morgan fingerprint density at radius 3 is 1.91 bits per heavy atom. The van der Waals surface area contributed by atoms with E-state index < -0.39 is 33.5 Å². The highest BCUT2D eigenvalue weighted by Crippen LogP contribution is 2.50. The van der Waals surface area contributed by atoms with E-state index in [1.165, 1.54) is 10.6 Å². The smallest absolute Gasteiger partial charge is 0.369 e. The number of alkyl halides is 6. The van der Waals surface area contributed by atoms with Crippen LogP contribution in [0.15, 0.2) is 42.5 Å². The van der Waals surface area contributed by atoms with Crippen LogP contribution in [-0.4, -0.2) is 67.5 Å². The summed E-state index contributed by atoms with van der Waals surface area (Å²) in [7, 11) is -3.16. The van der Waals surface area contributed by atoms with Crippen molar-refractivity contribution in [1.29, 1.82) is 0 Å². The van der Waals surface area contributed by atoms with Crippen molar-refractivity contribution in [2.45, 2.75) is 31.4 Å². The monoisotopic (exact) mass is 522 g/mol. The largest absolute Gasteiger partial charge is 0.430 e. The van der Waals surface area contributed by atoms with Gasteiger partial charge in [0, 0.05) is 43.7 Å². The van der Waals surface area contributed by atoms with E-state index in [1.807, 2.05) is 12.1 Å². The Morgan fingerprint density at radius 1 is 0.914 bits per heavy atom. The molecule has 2 aromatic carbocycles. The lowest BCUT2D eigenvalue weighted by Crippen LogP contribution is -2.72. The van der Waals surface area contributed by atoms with Gasteiger partial charge in [-0.05, 0) is 29.2 Å². The van der Waals surface area contributed by atoms with Crippen molar-refractivity contribution in [1.82, 2.24) is 9.21 Å². The van der Waals surface area contributed by atoms with Gasteiger partial charge in [-0.15, -0.1) is 0 Å². The van der Waals surface area contributed by atoms with Crippen LogP contribution in [0.2, 0.25) is 0 Å². The van der Waals surface area contributed by atoms with Gasteiger partial charge in [0.05, 0.1) is 6.26 Å². The Bertz CT molecular complexity index is 1200. The summed E-state index contributed by atoms with van der Waals surface area (Å²) in [4.78, 5) is 2.19. The Morgan fingerprint density at radius 2 is 1.46 bits per heavy atom. The Balaban J connectivity index is 1.44. The van der Waals surface area contributed by atoms with Gasteiger partial charge in [0.1, 0.15) is 0 Å². The van der Waals surface area contributed by atoms with E-state index in [0.29, 0.717) is 42.9 Å². The molecule has 0 atom stereocenters. The second kappa shape index (κ2) is 8.19. The first-order chi connectivity index (χ1) is 16.0. The van der Waals surface area contributed by atoms with Gasteiger partial charge in [-0.25, -0.2) is 12.7 Å². The molecule has 1 spiro atoms. The summed E-state index contributed by atoms with van der Waals surface area (Å²) in [5, 5.41) is 9.55. The van der Waals surface area contributed by atoms with Gasteiger partial charge < -0.3 is 5.11 Å². The van der Waals surface area contributed by atoms with Crippen LogP contribution in [0.25, 0.3) is 11.1 Å². The fraction of sp³-hybridized carbons (Fsp3) is 0.478. The molecule has 2 fully saturated rings. The molecule has 5 nitrogen and oxygen atoms in total. The van der Waals surface area contributed by atoms with Crippen LogP contribution in [-0.2, 0) is 22.2 Å². The lowest BCUT2D eigenvalue weighted by molar-refractivity contribution is -0.376. The van der Waals surface area contributed by atoms with Gasteiger partial charge in [0.25, 0.3) is 5.60 Å². The van der Waals surface area contributed by atoms with Crippen molar-refractivity contribution in [2.24, 2.45) is 5.41 Å². The Kier molecular flexibility index (Phi) is 6.06. The van der Waals surface area contributed by atoms with Crippen molar-refractivity contribution < 1.29 is 39.9 Å². The minimum Gasteiger partial charge on any atom is -0.369 e. The van der Waals surface area contributed by atoms with E-state index in [9.17, 15) is 39.9 Å². The fourth-order valence-electron chi connectivity index (χ4n) is 4.94. The molecule has 0 aliphatic carbocycles. The molecular formula is C23H24F6N2O3S. The highest BCUT2D eigenvalue weighted by atomic mass is 32.2. The lowest BCUT2D eigenvalue weighted by atomic mass is 9.74. The maximum atomic E-state index is 13.1. The molecule has 2 saturated heterocycles. The van der Waals surface area contributed by atoms with Crippen molar-refractivity contribution in [3.8, 4) is 11.1 Å². The fourth-order valence-corrected chi connectivity index (χ4v) is 5.95. The van der Waals surface area contributed by atoms with Gasteiger partial charge in [-0.2, -0.15) is 26.3 Å². The summed E-state index contributed by atoms with van der Waals surface area (Å²) in [6.45, 7) is 5.04. The zero-order valence-corrected chi connectivity index (χ0v) is 19.7. The zero-order chi connectivity index (χ0) is 26.0. The molecule has 0 amide bonds. The number of aryl methyl sites for hydroxylation is 1. The Labute approximate surface area is 199 Å². The molecule has 0 radical (unpaired) electrons. The summed E-state index contributed by atoms with van der Waals surface area (Å²) < 4.78 is 103. The third-order valence-electron chi connectivity index (χ3n) is 6.74. The summed E-state index contributed by atoms with van der Waals surface area (Å²) in [6, 6.07) is 9.03. The molecule has 2 aliphatic rings. The SMILES string of the molecule is Cc1cc(CN2CC3(C2)CN(S(C)(=O)=O)C3)ccc1-c1ccc(C(O)(C(F)(F)F)C(F)(F)F)cc1. The first kappa shape index (κ1) is 25.9. The van der Waals surface area contributed by atoms with Crippen molar-refractivity contribution >= 4 is 10.0 Å². The molecule has 2 heterocycles. The van der Waals surface area contributed by atoms with Crippen LogP contribution in [0.3, 0.4) is 0 Å². The number of likely N-dealkylation sites (tertiary alicyclic amines) is 1. The quantitative estimate of drug-likeness (QED) is 0.602. The minimum atomic E-state index is -5.93. The van der Waals surface area contributed by atoms with E-state index in [4.69, 9.17) is 0 Å². The molecule has 0 unspecified atom stereocenters. The molecule has 0 saturated carbocycles. The predicted octanol–water partition coefficient (Wildman–Crippen LogP) is 4.05. The number of benzene rings is 2. The molecule has 192 valence electrons. The van der Waals surface area contributed by atoms with Crippen LogP contribution >= 0.6 is 0 Å². The highest BCUT2D eigenvalue weighted by Gasteiger charge is 2.71. The average molecular weight is 523 g/mol. The molecule has 2 aromatic rings. The van der Waals surface area contributed by atoms with Gasteiger partial charge in [0.2, 0.25) is 10.0 Å². The topological polar surface area (TPSA) is 60.9 Å². The van der Waals surface area contributed by atoms with Crippen LogP contribution < -0.4 is 0 Å². The molecule has 0 aromatic heterocycles. The average Bonchev–Trinajstić information content (AvgIpc) is 2.65. The normalized spacial score (nSPS) is 19.5. The molecule has 0 bridgehead atoms. The van der Waals surface area contributed by atoms with Crippen molar-refractivity contribution in [3.05, 3.63) is 59.2 Å². The number of hydrogen-bond donors (Lipinski definition) is 1. The minimum absolute atomic E-state index is 0.00850. The number of nitrogens with zero attached hydrogens (tertiary/aromatic N) is 2. The molecular weight excluding hydrogens is 498 g/mol. The second-order valence-electron chi connectivity index (χ2n) is 9.61. The first-order valence-electron chi connectivity index (χ1n) is 10.7. The first-order valence-corrected chi connectivity index (χ1v) is 12.5. The van der Waals surface area contributed by atoms with Crippen LogP contribution in [0, 0.1) is 12.3 Å². The summed E-state index contributed by atoms with van der Waals surface area (Å²) in [5.74, 6) is 0. The van der Waals surface area contributed by atoms with Gasteiger partial charge >= 0.3 is 12.4 Å². The van der Waals surface area contributed by atoms with Crippen LogP contribution in [0.4, 0.5) is 26.3 Å². The lowest BCUT2D eigenvalue weighted by Gasteiger charge is -2.59. The van der Waals surface area contributed by atoms with Gasteiger partial charge in [-0.1, -0.05) is 42.5 Å². The van der Waals surface area contributed by atoms with E-state index in [0.717, 1.165) is 36.3 Å². The number of rotatable bonds is 5. The van der Waals surface area contributed by atoms with Crippen LogP contribution in [0.1, 0.15) is 16.7 Å². The Hall–Kier alpha value is -2.15. The van der Waals surface area contributed by atoms with E-state index in [2.05, 4.69) is 4.90 Å². The van der Waals surface area contributed by atoms with E-state index in [1.54, 1.807) is 13.0 Å². The standard InChI is InChI=1S/C23H24F6N2O3S/c1-15-9-16(10-30-11-20(12-30)13-31(14-20)35(2,33)34)3-8-19(15)17-4-6-18(7-5-17)21(32,22(24,25)26)23(27,28)29/h3-9,32H,10-14H2,1-2H3.